The van der Waals surface area contributed by atoms with Crippen molar-refractivity contribution in [3.8, 4) is 55.9 Å². The van der Waals surface area contributed by atoms with Crippen molar-refractivity contribution < 1.29 is 0 Å². The summed E-state index contributed by atoms with van der Waals surface area (Å²) in [5.41, 5.74) is 30.1. The molecule has 9 heteroatoms. The zero-order valence-electron chi connectivity index (χ0n) is 69.6. The fraction of sp³-hybridized carbons (Fsp3) is 0.119. The Hall–Kier alpha value is -12.3. The molecular weight excluding hydrogens is 1490 g/mol. The highest BCUT2D eigenvalue weighted by Gasteiger charge is 2.49. The van der Waals surface area contributed by atoms with Gasteiger partial charge in [-0.05, 0) is 122 Å². The maximum absolute atomic E-state index is 2.76. The molecule has 4 heterocycles. The van der Waals surface area contributed by atoms with Crippen LogP contribution in [0.2, 0.25) is 78.6 Å². The molecule has 0 aliphatic carbocycles. The van der Waals surface area contributed by atoms with E-state index in [2.05, 4.69) is 468 Å². The number of hydrogen-bond donors (Lipinski definition) is 0. The highest BCUT2D eigenvalue weighted by Crippen LogP contribution is 2.57. The van der Waals surface area contributed by atoms with Crippen molar-refractivity contribution in [2.75, 3.05) is 9.80 Å². The number of nitrogens with zero attached hydrogens (tertiary/aromatic N) is 4. The third kappa shape index (κ3) is 12.3. The van der Waals surface area contributed by atoms with E-state index < -0.39 is 37.7 Å². The maximum atomic E-state index is 2.76. The molecular formula is C109H97BN4Si4. The van der Waals surface area contributed by atoms with Gasteiger partial charge in [0, 0.05) is 77.9 Å². The van der Waals surface area contributed by atoms with Crippen LogP contribution in [-0.2, 0) is 5.41 Å². The van der Waals surface area contributed by atoms with Crippen molar-refractivity contribution in [2.45, 2.75) is 84.0 Å². The number of hydrogen-bond acceptors (Lipinski definition) is 2. The van der Waals surface area contributed by atoms with Crippen molar-refractivity contribution >= 4 is 154 Å². The van der Waals surface area contributed by atoms with E-state index >= 15 is 0 Å². The second-order valence-corrected chi connectivity index (χ2v) is 57.1. The lowest BCUT2D eigenvalue weighted by molar-refractivity contribution is 0.745. The fourth-order valence-corrected chi connectivity index (χ4v) is 24.1. The predicted molar refractivity (Wildman–Crippen MR) is 521 cm³/mol. The average Bonchev–Trinajstić information content (AvgIpc) is 0.749. The molecule has 0 saturated carbocycles. The minimum Gasteiger partial charge on any atom is -0.310 e. The van der Waals surface area contributed by atoms with Crippen LogP contribution in [0.25, 0.3) is 99.5 Å². The Labute approximate surface area is 699 Å². The second kappa shape index (κ2) is 28.5. The lowest BCUT2D eigenvalue weighted by atomic mass is 9.33. The van der Waals surface area contributed by atoms with Crippen LogP contribution in [0.3, 0.4) is 0 Å². The molecule has 0 spiro atoms. The van der Waals surface area contributed by atoms with Crippen molar-refractivity contribution in [2.24, 2.45) is 0 Å². The molecule has 0 amide bonds. The van der Waals surface area contributed by atoms with Gasteiger partial charge in [-0.3, -0.25) is 0 Å². The van der Waals surface area contributed by atoms with Gasteiger partial charge in [-0.1, -0.05) is 409 Å². The number of fused-ring (bicyclic) bond motifs is 10. The van der Waals surface area contributed by atoms with Gasteiger partial charge >= 0.3 is 0 Å². The van der Waals surface area contributed by atoms with Gasteiger partial charge in [0.15, 0.2) is 0 Å². The summed E-state index contributed by atoms with van der Waals surface area (Å²) in [4.78, 5) is 5.52. The van der Waals surface area contributed by atoms with Crippen molar-refractivity contribution in [1.82, 2.24) is 9.13 Å². The number of aromatic nitrogens is 2. The molecule has 4 nitrogen and oxygen atoms in total. The van der Waals surface area contributed by atoms with Crippen molar-refractivity contribution in [3.05, 3.63) is 392 Å². The summed E-state index contributed by atoms with van der Waals surface area (Å²) in [6.07, 6.45) is 0. The van der Waals surface area contributed by atoms with Crippen molar-refractivity contribution in [1.29, 1.82) is 0 Å². The zero-order valence-corrected chi connectivity index (χ0v) is 73.6. The minimum absolute atomic E-state index is 0.319. The van der Waals surface area contributed by atoms with Gasteiger partial charge in [0.1, 0.15) is 0 Å². The third-order valence-electron chi connectivity index (χ3n) is 25.5. The first-order valence-corrected chi connectivity index (χ1v) is 56.0. The fourth-order valence-electron chi connectivity index (χ4n) is 19.4. The molecule has 2 aromatic heterocycles. The van der Waals surface area contributed by atoms with Gasteiger partial charge < -0.3 is 18.9 Å². The van der Waals surface area contributed by atoms with Gasteiger partial charge in [-0.25, -0.2) is 0 Å². The third-order valence-corrected chi connectivity index (χ3v) is 33.6. The van der Waals surface area contributed by atoms with Crippen LogP contribution in [0.4, 0.5) is 34.1 Å². The van der Waals surface area contributed by atoms with E-state index in [0.717, 1.165) is 112 Å². The quantitative estimate of drug-likeness (QED) is 0.0708. The summed E-state index contributed by atoms with van der Waals surface area (Å²) in [5.74, 6) is 0. The molecule has 20 rings (SSSR count). The van der Waals surface area contributed by atoms with Crippen LogP contribution < -0.4 is 46.9 Å². The van der Waals surface area contributed by atoms with Crippen LogP contribution in [0.15, 0.2) is 370 Å². The molecule has 0 N–H and O–H groups in total. The largest absolute Gasteiger partial charge is 0.310 e. The summed E-state index contributed by atoms with van der Waals surface area (Å²) in [7, 11) is -7.15. The Kier molecular flexibility index (Phi) is 18.0. The molecule has 18 aromatic rings. The lowest BCUT2D eigenvalue weighted by Gasteiger charge is -2.47. The van der Waals surface area contributed by atoms with Gasteiger partial charge in [0.05, 0.1) is 71.2 Å². The number of rotatable bonds is 16. The van der Waals surface area contributed by atoms with Crippen LogP contribution >= 0.6 is 0 Å². The Morgan fingerprint density at radius 1 is 0.229 bits per heavy atom. The maximum Gasteiger partial charge on any atom is 0.252 e. The summed E-state index contributed by atoms with van der Waals surface area (Å²) < 4.78 is 5.21. The van der Waals surface area contributed by atoms with Crippen LogP contribution in [-0.4, -0.2) is 48.1 Å². The molecule has 0 saturated heterocycles. The SMILES string of the molecule is C[Si](C)(C)c1ccc2c(c1)c1cc([Si](C)(C)C)ccc1n2-c1ccc2c(c1)N(c1c(-c3ccccc3)cccc1-c1ccccc1)c1cc(C(c3ccccc3)(c3ccccc3)c3ccccc3)cc3c1B2c1ccc(-n2c4ccc([Si](C)(C)C)cc4c4cc([Si](C)(C)C)ccc42)cc1N3c1c(-c2ccccc2)cccc1-c1ccccc1. The topological polar surface area (TPSA) is 16.3 Å². The first-order chi connectivity index (χ1) is 57.1. The molecule has 0 radical (unpaired) electrons. The Morgan fingerprint density at radius 2 is 0.492 bits per heavy atom. The standard InChI is InChI=1S/C109H97BN4Si4/c1-115(2,3)84-56-62-98-92(70-84)93-71-85(116(4,5)6)57-63-99(93)111(98)82-54-60-96-102(68-82)113(107-88(74-36-20-13-21-37-74)50-34-51-89(107)75-38-22-14-23-39-75)104-66-81(109(78-44-28-17-29-45-78,79-46-30-18-31-47-79)80-48-32-19-33-49-80)67-105-106(104)110(96)97-61-55-83(112-100-64-58-86(117(7,8)9)72-94(100)95-73-87(118(10,11)12)59-65-101(95)112)69-103(97)114(105)108-90(76-40-24-15-25-41-76)52-35-53-91(108)77-42-26-16-27-43-77/h13-73H,1-12H3. The Morgan fingerprint density at radius 3 is 0.754 bits per heavy atom. The molecule has 572 valence electrons. The van der Waals surface area contributed by atoms with E-state index in [9.17, 15) is 0 Å². The summed E-state index contributed by atoms with van der Waals surface area (Å²) >= 11 is 0. The van der Waals surface area contributed by atoms with Gasteiger partial charge in [0.25, 0.3) is 6.71 Å². The van der Waals surface area contributed by atoms with E-state index in [-0.39, 0.29) is 6.71 Å². The van der Waals surface area contributed by atoms with E-state index in [1.54, 1.807) is 0 Å². The number of para-hydroxylation sites is 2. The molecule has 0 atom stereocenters. The van der Waals surface area contributed by atoms with Crippen LogP contribution in [0, 0.1) is 0 Å². The average molecular weight is 1590 g/mol. The van der Waals surface area contributed by atoms with E-state index in [1.807, 2.05) is 0 Å². The van der Waals surface area contributed by atoms with E-state index in [1.165, 1.54) is 80.7 Å². The highest BCUT2D eigenvalue weighted by atomic mass is 28.3. The van der Waals surface area contributed by atoms with E-state index in [4.69, 9.17) is 0 Å². The van der Waals surface area contributed by atoms with Crippen LogP contribution in [0.5, 0.6) is 0 Å². The predicted octanol–water partition coefficient (Wildman–Crippen LogP) is 25.2. The number of benzene rings is 16. The zero-order chi connectivity index (χ0) is 80.7. The molecule has 2 aliphatic heterocycles. The molecule has 118 heavy (non-hydrogen) atoms. The smallest absolute Gasteiger partial charge is 0.252 e. The summed E-state index contributed by atoms with van der Waals surface area (Å²) in [6.45, 7) is 29.5. The molecule has 0 unspecified atom stereocenters. The number of anilines is 6. The van der Waals surface area contributed by atoms with Gasteiger partial charge in [-0.15, -0.1) is 0 Å². The highest BCUT2D eigenvalue weighted by molar-refractivity contribution is 7.00. The molecule has 2 aliphatic rings. The normalized spacial score (nSPS) is 13.0. The molecule has 0 bridgehead atoms. The summed E-state index contributed by atoms with van der Waals surface area (Å²) in [6, 6.07) is 143. The minimum atomic E-state index is -1.79. The second-order valence-electron chi connectivity index (χ2n) is 36.8. The lowest BCUT2D eigenvalue weighted by Crippen LogP contribution is -2.61. The first kappa shape index (κ1) is 74.5. The van der Waals surface area contributed by atoms with Gasteiger partial charge in [-0.2, -0.15) is 0 Å². The van der Waals surface area contributed by atoms with Gasteiger partial charge in [0.2, 0.25) is 0 Å². The first-order valence-electron chi connectivity index (χ1n) is 42.0. The van der Waals surface area contributed by atoms with E-state index in [0.29, 0.717) is 0 Å². The molecule has 0 fully saturated rings. The monoisotopic (exact) mass is 1580 g/mol. The summed E-state index contributed by atoms with van der Waals surface area (Å²) in [5, 5.41) is 11.1. The Bertz CT molecular complexity index is 6250. The van der Waals surface area contributed by atoms with Crippen molar-refractivity contribution in [3.63, 3.8) is 0 Å². The Balaban J connectivity index is 1.00. The molecule has 16 aromatic carbocycles. The van der Waals surface area contributed by atoms with Crippen LogP contribution in [0.1, 0.15) is 22.3 Å².